The summed E-state index contributed by atoms with van der Waals surface area (Å²) < 4.78 is 1.61. The number of rotatable bonds is 3. The summed E-state index contributed by atoms with van der Waals surface area (Å²) in [6, 6.07) is 5.40. The second-order valence-electron chi connectivity index (χ2n) is 5.03. The van der Waals surface area contributed by atoms with E-state index in [1.807, 2.05) is 12.1 Å². The van der Waals surface area contributed by atoms with Gasteiger partial charge in [0.05, 0.1) is 5.56 Å². The molecule has 1 amide bonds. The highest BCUT2D eigenvalue weighted by Crippen LogP contribution is 2.29. The highest BCUT2D eigenvalue weighted by Gasteiger charge is 2.41. The van der Waals surface area contributed by atoms with Gasteiger partial charge in [0.15, 0.2) is 0 Å². The molecule has 6 heteroatoms. The molecule has 2 rings (SSSR count). The molecule has 4 nitrogen and oxygen atoms in total. The largest absolute Gasteiger partial charge is 0.480 e. The fourth-order valence-corrected chi connectivity index (χ4v) is 3.45. The first kappa shape index (κ1) is 15.8. The van der Waals surface area contributed by atoms with E-state index in [0.717, 1.165) is 27.3 Å². The van der Waals surface area contributed by atoms with E-state index in [-0.39, 0.29) is 5.91 Å². The maximum atomic E-state index is 12.4. The van der Waals surface area contributed by atoms with Crippen LogP contribution in [0, 0.1) is 3.57 Å². The van der Waals surface area contributed by atoms with E-state index in [0.29, 0.717) is 18.4 Å². The van der Waals surface area contributed by atoms with Gasteiger partial charge in [-0.2, -0.15) is 0 Å². The second kappa shape index (κ2) is 6.43. The summed E-state index contributed by atoms with van der Waals surface area (Å²) in [6.45, 7) is 0. The van der Waals surface area contributed by atoms with Crippen molar-refractivity contribution in [2.75, 3.05) is 0 Å². The van der Waals surface area contributed by atoms with Crippen LogP contribution >= 0.6 is 38.5 Å². The Kier molecular flexibility index (Phi) is 5.06. The van der Waals surface area contributed by atoms with Crippen molar-refractivity contribution in [1.29, 1.82) is 0 Å². The summed E-state index contributed by atoms with van der Waals surface area (Å²) in [6.07, 6.45) is 3.70. The minimum absolute atomic E-state index is 0.319. The van der Waals surface area contributed by atoms with Crippen molar-refractivity contribution in [2.45, 2.75) is 37.6 Å². The molecule has 0 aliphatic heterocycles. The molecule has 1 saturated carbocycles. The predicted octanol–water partition coefficient (Wildman–Crippen LogP) is 3.57. The fraction of sp³-hybridized carbons (Fsp3) is 0.429. The lowest BCUT2D eigenvalue weighted by molar-refractivity contribution is -0.145. The quantitative estimate of drug-likeness (QED) is 0.690. The molecule has 2 N–H and O–H groups in total. The minimum atomic E-state index is -1.11. The van der Waals surface area contributed by atoms with Crippen molar-refractivity contribution < 1.29 is 14.7 Å². The number of benzene rings is 1. The average Bonchev–Trinajstić information content (AvgIpc) is 2.42. The molecule has 1 aromatic carbocycles. The molecule has 0 aromatic heterocycles. The van der Waals surface area contributed by atoms with Gasteiger partial charge in [0.25, 0.3) is 5.91 Å². The number of aliphatic carboxylic acids is 1. The number of carboxylic acid groups (broad SMARTS) is 1. The normalized spacial score (nSPS) is 17.5. The maximum Gasteiger partial charge on any atom is 0.329 e. The molecule has 0 unspecified atom stereocenters. The van der Waals surface area contributed by atoms with Gasteiger partial charge < -0.3 is 10.4 Å². The molecule has 0 bridgehead atoms. The molecule has 0 atom stereocenters. The van der Waals surface area contributed by atoms with Crippen LogP contribution in [0.1, 0.15) is 42.5 Å². The Morgan fingerprint density at radius 2 is 1.90 bits per heavy atom. The fourth-order valence-electron chi connectivity index (χ4n) is 2.50. The van der Waals surface area contributed by atoms with Gasteiger partial charge in [0.2, 0.25) is 0 Å². The van der Waals surface area contributed by atoms with E-state index >= 15 is 0 Å². The molecular formula is C14H15BrINO3. The van der Waals surface area contributed by atoms with E-state index in [9.17, 15) is 14.7 Å². The van der Waals surface area contributed by atoms with Gasteiger partial charge >= 0.3 is 5.97 Å². The van der Waals surface area contributed by atoms with E-state index in [1.54, 1.807) is 6.07 Å². The lowest BCUT2D eigenvalue weighted by atomic mass is 9.81. The average molecular weight is 452 g/mol. The van der Waals surface area contributed by atoms with Crippen molar-refractivity contribution in [3.63, 3.8) is 0 Å². The van der Waals surface area contributed by atoms with Crippen LogP contribution in [-0.2, 0) is 4.79 Å². The number of carbonyl (C=O) groups is 2. The molecule has 1 aromatic rings. The first-order chi connectivity index (χ1) is 9.44. The van der Waals surface area contributed by atoms with Crippen molar-refractivity contribution in [2.24, 2.45) is 0 Å². The summed E-state index contributed by atoms with van der Waals surface area (Å²) in [7, 11) is 0. The Bertz CT molecular complexity index is 541. The zero-order valence-electron chi connectivity index (χ0n) is 10.8. The number of amides is 1. The van der Waals surface area contributed by atoms with Gasteiger partial charge in [-0.25, -0.2) is 4.79 Å². The lowest BCUT2D eigenvalue weighted by Crippen LogP contribution is -2.55. The number of carbonyl (C=O) groups excluding carboxylic acids is 1. The van der Waals surface area contributed by atoms with Crippen LogP contribution < -0.4 is 5.32 Å². The molecule has 0 saturated heterocycles. The van der Waals surface area contributed by atoms with E-state index in [4.69, 9.17) is 0 Å². The highest BCUT2D eigenvalue weighted by molar-refractivity contribution is 14.1. The van der Waals surface area contributed by atoms with E-state index in [2.05, 4.69) is 43.8 Å². The summed E-state index contributed by atoms with van der Waals surface area (Å²) in [5.41, 5.74) is -0.605. The van der Waals surface area contributed by atoms with Crippen LogP contribution in [0.5, 0.6) is 0 Å². The number of halogens is 2. The third-order valence-electron chi connectivity index (χ3n) is 3.64. The van der Waals surface area contributed by atoms with Gasteiger partial charge in [-0.1, -0.05) is 35.2 Å². The van der Waals surface area contributed by atoms with Crippen LogP contribution in [0.25, 0.3) is 0 Å². The molecule has 108 valence electrons. The Morgan fingerprint density at radius 1 is 1.25 bits per heavy atom. The number of hydrogen-bond acceptors (Lipinski definition) is 2. The third kappa shape index (κ3) is 3.33. The zero-order chi connectivity index (χ0) is 14.8. The Hall–Kier alpha value is -0.630. The number of carboxylic acids is 1. The van der Waals surface area contributed by atoms with Gasteiger partial charge in [-0.3, -0.25) is 4.79 Å². The van der Waals surface area contributed by atoms with Crippen LogP contribution in [-0.4, -0.2) is 22.5 Å². The maximum absolute atomic E-state index is 12.4. The molecule has 20 heavy (non-hydrogen) atoms. The van der Waals surface area contributed by atoms with Crippen molar-refractivity contribution in [3.8, 4) is 0 Å². The summed E-state index contributed by atoms with van der Waals surface area (Å²) in [4.78, 5) is 24.0. The van der Waals surface area contributed by atoms with Gasteiger partial charge in [-0.05, 0) is 53.6 Å². The Labute approximate surface area is 139 Å². The van der Waals surface area contributed by atoms with E-state index in [1.165, 1.54) is 0 Å². The lowest BCUT2D eigenvalue weighted by Gasteiger charge is -2.34. The standard InChI is InChI=1S/C14H15BrINO3/c15-9-4-5-11(16)10(8-9)12(18)17-14(13(19)20)6-2-1-3-7-14/h4-5,8H,1-3,6-7H2,(H,17,18)(H,19,20). The first-order valence-corrected chi connectivity index (χ1v) is 8.33. The molecule has 0 spiro atoms. The smallest absolute Gasteiger partial charge is 0.329 e. The topological polar surface area (TPSA) is 66.4 Å². The summed E-state index contributed by atoms with van der Waals surface area (Å²) in [5.74, 6) is -1.25. The Morgan fingerprint density at radius 3 is 2.50 bits per heavy atom. The molecule has 1 aliphatic carbocycles. The van der Waals surface area contributed by atoms with Crippen LogP contribution in [0.2, 0.25) is 0 Å². The van der Waals surface area contributed by atoms with Crippen LogP contribution in [0.15, 0.2) is 22.7 Å². The van der Waals surface area contributed by atoms with E-state index < -0.39 is 11.5 Å². The van der Waals surface area contributed by atoms with Gasteiger partial charge in [0.1, 0.15) is 5.54 Å². The molecule has 1 fully saturated rings. The van der Waals surface area contributed by atoms with Crippen LogP contribution in [0.4, 0.5) is 0 Å². The predicted molar refractivity (Wildman–Crippen MR) is 87.8 cm³/mol. The van der Waals surface area contributed by atoms with Gasteiger partial charge in [0, 0.05) is 8.04 Å². The number of nitrogens with one attached hydrogen (secondary N) is 1. The summed E-state index contributed by atoms with van der Waals surface area (Å²) >= 11 is 5.41. The minimum Gasteiger partial charge on any atom is -0.480 e. The monoisotopic (exact) mass is 451 g/mol. The Balaban J connectivity index is 2.24. The van der Waals surface area contributed by atoms with Crippen molar-refractivity contribution in [1.82, 2.24) is 5.32 Å². The molecule has 0 heterocycles. The van der Waals surface area contributed by atoms with Crippen molar-refractivity contribution in [3.05, 3.63) is 31.8 Å². The summed E-state index contributed by atoms with van der Waals surface area (Å²) in [5, 5.41) is 12.2. The molecule has 1 aliphatic rings. The van der Waals surface area contributed by atoms with Gasteiger partial charge in [-0.15, -0.1) is 0 Å². The number of hydrogen-bond donors (Lipinski definition) is 2. The van der Waals surface area contributed by atoms with Crippen LogP contribution in [0.3, 0.4) is 0 Å². The van der Waals surface area contributed by atoms with Crippen molar-refractivity contribution >= 4 is 50.4 Å². The molecular weight excluding hydrogens is 437 g/mol. The zero-order valence-corrected chi connectivity index (χ0v) is 14.5. The highest BCUT2D eigenvalue weighted by atomic mass is 127. The SMILES string of the molecule is O=C(NC1(C(=O)O)CCCCC1)c1cc(Br)ccc1I. The molecule has 0 radical (unpaired) electrons. The first-order valence-electron chi connectivity index (χ1n) is 6.45. The third-order valence-corrected chi connectivity index (χ3v) is 5.08. The second-order valence-corrected chi connectivity index (χ2v) is 7.10.